The van der Waals surface area contributed by atoms with Gasteiger partial charge in [-0.05, 0) is 71.8 Å². The zero-order valence-electron chi connectivity index (χ0n) is 19.3. The number of carbonyl (C=O) groups is 2. The first kappa shape index (κ1) is 23.8. The molecule has 2 aromatic carbocycles. The Morgan fingerprint density at radius 1 is 1.00 bits per heavy atom. The Morgan fingerprint density at radius 2 is 1.63 bits per heavy atom. The number of hydrogen-bond acceptors (Lipinski definition) is 5. The van der Waals surface area contributed by atoms with Crippen molar-refractivity contribution in [3.63, 3.8) is 0 Å². The summed E-state index contributed by atoms with van der Waals surface area (Å²) in [5.74, 6) is 0.249. The molecule has 1 aliphatic carbocycles. The fourth-order valence-electron chi connectivity index (χ4n) is 4.31. The van der Waals surface area contributed by atoms with E-state index in [1.54, 1.807) is 24.3 Å². The van der Waals surface area contributed by atoms with Gasteiger partial charge in [-0.25, -0.2) is 4.79 Å². The van der Waals surface area contributed by atoms with Crippen molar-refractivity contribution in [2.75, 3.05) is 5.32 Å². The van der Waals surface area contributed by atoms with Gasteiger partial charge in [0.25, 0.3) is 0 Å². The summed E-state index contributed by atoms with van der Waals surface area (Å²) < 4.78 is 6.11. The van der Waals surface area contributed by atoms with Gasteiger partial charge in [-0.3, -0.25) is 10.1 Å². The van der Waals surface area contributed by atoms with Crippen LogP contribution < -0.4 is 5.32 Å². The lowest BCUT2D eigenvalue weighted by Crippen LogP contribution is -2.16. The highest BCUT2D eigenvalue weighted by molar-refractivity contribution is 7.20. The van der Waals surface area contributed by atoms with Crippen LogP contribution in [0.5, 0.6) is 0 Å². The first-order valence-electron chi connectivity index (χ1n) is 11.4. The average molecular weight is 522 g/mol. The van der Waals surface area contributed by atoms with E-state index < -0.39 is 6.09 Å². The molecule has 7 heteroatoms. The molecule has 0 saturated heterocycles. The van der Waals surface area contributed by atoms with Gasteiger partial charge in [-0.2, -0.15) is 11.3 Å². The van der Waals surface area contributed by atoms with E-state index in [4.69, 9.17) is 16.3 Å². The fraction of sp³-hybridized carbons (Fsp3) is 0.214. The lowest BCUT2D eigenvalue weighted by molar-refractivity contribution is -0.119. The Bertz CT molecular complexity index is 1350. The number of amides is 1. The summed E-state index contributed by atoms with van der Waals surface area (Å²) in [6.45, 7) is 3.53. The number of thiophene rings is 2. The standard InChI is InChI=1S/C28H24ClNO3S2/c1-17(22-11-14-34-16-22)33-27(32)30-24-15-25(29)35-26(24)21-5-3-19(4-6-21)20-7-9-23(10-8-20)28(12-13-28)18(2)31/h3-11,14-17H,12-13H2,1-2H3,(H,30,32)/t17-/m1/s1. The first-order valence-corrected chi connectivity index (χ1v) is 13.5. The minimum atomic E-state index is -0.518. The number of rotatable bonds is 7. The summed E-state index contributed by atoms with van der Waals surface area (Å²) in [7, 11) is 0. The Morgan fingerprint density at radius 3 is 2.20 bits per heavy atom. The zero-order valence-corrected chi connectivity index (χ0v) is 21.7. The molecule has 5 rings (SSSR count). The summed E-state index contributed by atoms with van der Waals surface area (Å²) >= 11 is 9.27. The zero-order chi connectivity index (χ0) is 24.6. The molecule has 35 heavy (non-hydrogen) atoms. The third-order valence-corrected chi connectivity index (χ3v) is 8.59. The molecule has 0 unspecified atom stereocenters. The second kappa shape index (κ2) is 9.61. The van der Waals surface area contributed by atoms with Crippen LogP contribution in [0.25, 0.3) is 21.6 Å². The van der Waals surface area contributed by atoms with E-state index in [1.807, 2.05) is 35.9 Å². The summed E-state index contributed by atoms with van der Waals surface area (Å²) in [6.07, 6.45) is 1.03. The first-order chi connectivity index (χ1) is 16.9. The predicted molar refractivity (Wildman–Crippen MR) is 145 cm³/mol. The predicted octanol–water partition coefficient (Wildman–Crippen LogP) is 8.73. The van der Waals surface area contributed by atoms with Crippen LogP contribution in [0.2, 0.25) is 4.34 Å². The smallest absolute Gasteiger partial charge is 0.412 e. The van der Waals surface area contributed by atoms with Gasteiger partial charge in [0.1, 0.15) is 11.9 Å². The molecule has 2 heterocycles. The fourth-order valence-corrected chi connectivity index (χ4v) is 6.24. The summed E-state index contributed by atoms with van der Waals surface area (Å²) in [5, 5.41) is 6.77. The Hall–Kier alpha value is -2.93. The van der Waals surface area contributed by atoms with E-state index in [9.17, 15) is 9.59 Å². The number of ketones is 1. The number of ether oxygens (including phenoxy) is 1. The van der Waals surface area contributed by atoms with Crippen molar-refractivity contribution in [1.82, 2.24) is 0 Å². The Labute approximate surface area is 217 Å². The van der Waals surface area contributed by atoms with Crippen LogP contribution in [-0.2, 0) is 14.9 Å². The molecule has 1 fully saturated rings. The van der Waals surface area contributed by atoms with E-state index >= 15 is 0 Å². The number of anilines is 1. The summed E-state index contributed by atoms with van der Waals surface area (Å²) in [6, 6.07) is 20.1. The molecule has 0 bridgehead atoms. The highest BCUT2D eigenvalue weighted by atomic mass is 35.5. The maximum Gasteiger partial charge on any atom is 0.412 e. The van der Waals surface area contributed by atoms with Crippen molar-refractivity contribution in [3.05, 3.63) is 86.9 Å². The number of nitrogens with one attached hydrogen (secondary N) is 1. The number of hydrogen-bond donors (Lipinski definition) is 1. The van der Waals surface area contributed by atoms with E-state index in [-0.39, 0.29) is 17.3 Å². The molecule has 0 spiro atoms. The molecule has 4 aromatic rings. The summed E-state index contributed by atoms with van der Waals surface area (Å²) in [5.41, 5.74) is 5.56. The maximum absolute atomic E-state index is 12.5. The van der Waals surface area contributed by atoms with Crippen LogP contribution in [0.3, 0.4) is 0 Å². The quantitative estimate of drug-likeness (QED) is 0.264. The van der Waals surface area contributed by atoms with Gasteiger partial charge in [0.2, 0.25) is 0 Å². The van der Waals surface area contributed by atoms with Gasteiger partial charge in [0.05, 0.1) is 20.3 Å². The Balaban J connectivity index is 1.31. The molecular formula is C28H24ClNO3S2. The second-order valence-electron chi connectivity index (χ2n) is 8.82. The third kappa shape index (κ3) is 4.92. The minimum Gasteiger partial charge on any atom is -0.441 e. The Kier molecular flexibility index (Phi) is 6.53. The van der Waals surface area contributed by atoms with Crippen LogP contribution in [0.1, 0.15) is 43.9 Å². The molecule has 1 atom stereocenters. The monoisotopic (exact) mass is 521 g/mol. The third-order valence-electron chi connectivity index (χ3n) is 6.58. The van der Waals surface area contributed by atoms with Gasteiger partial charge in [-0.1, -0.05) is 60.1 Å². The van der Waals surface area contributed by atoms with Crippen molar-refractivity contribution in [2.45, 2.75) is 38.2 Å². The van der Waals surface area contributed by atoms with E-state index in [0.29, 0.717) is 10.0 Å². The highest BCUT2D eigenvalue weighted by Gasteiger charge is 2.48. The number of carbonyl (C=O) groups excluding carboxylic acids is 2. The average Bonchev–Trinajstić information content (AvgIpc) is 3.32. The second-order valence-corrected chi connectivity index (χ2v) is 11.3. The van der Waals surface area contributed by atoms with Gasteiger partial charge in [-0.15, -0.1) is 11.3 Å². The number of benzene rings is 2. The van der Waals surface area contributed by atoms with E-state index in [0.717, 1.165) is 45.5 Å². The van der Waals surface area contributed by atoms with Crippen LogP contribution in [0.15, 0.2) is 71.4 Å². The van der Waals surface area contributed by atoms with Crippen molar-refractivity contribution in [2.24, 2.45) is 0 Å². The lowest BCUT2D eigenvalue weighted by Gasteiger charge is -2.13. The molecule has 0 aliphatic heterocycles. The van der Waals surface area contributed by atoms with Gasteiger partial charge >= 0.3 is 6.09 Å². The molecule has 1 aliphatic rings. The molecule has 4 nitrogen and oxygen atoms in total. The maximum atomic E-state index is 12.5. The normalized spacial score (nSPS) is 14.8. The largest absolute Gasteiger partial charge is 0.441 e. The van der Waals surface area contributed by atoms with Crippen LogP contribution in [0.4, 0.5) is 10.5 Å². The molecule has 1 amide bonds. The topological polar surface area (TPSA) is 55.4 Å². The van der Waals surface area contributed by atoms with E-state index in [2.05, 4.69) is 41.7 Å². The van der Waals surface area contributed by atoms with Gasteiger partial charge in [0.15, 0.2) is 0 Å². The lowest BCUT2D eigenvalue weighted by atomic mass is 9.90. The number of halogens is 1. The molecule has 0 radical (unpaired) electrons. The molecule has 2 aromatic heterocycles. The summed E-state index contributed by atoms with van der Waals surface area (Å²) in [4.78, 5) is 25.4. The minimum absolute atomic E-state index is 0.249. The van der Waals surface area contributed by atoms with Crippen molar-refractivity contribution in [1.29, 1.82) is 0 Å². The van der Waals surface area contributed by atoms with Crippen molar-refractivity contribution in [3.8, 4) is 21.6 Å². The van der Waals surface area contributed by atoms with Crippen LogP contribution in [0, 0.1) is 0 Å². The molecule has 1 N–H and O–H groups in total. The molecule has 1 saturated carbocycles. The van der Waals surface area contributed by atoms with Crippen molar-refractivity contribution < 1.29 is 14.3 Å². The van der Waals surface area contributed by atoms with Crippen LogP contribution in [-0.4, -0.2) is 11.9 Å². The van der Waals surface area contributed by atoms with E-state index in [1.165, 1.54) is 11.3 Å². The molecular weight excluding hydrogens is 498 g/mol. The van der Waals surface area contributed by atoms with Gasteiger partial charge < -0.3 is 4.74 Å². The number of Topliss-reactive ketones (excluding diaryl/α,β-unsaturated/α-hetero) is 1. The van der Waals surface area contributed by atoms with Crippen LogP contribution >= 0.6 is 34.3 Å². The highest BCUT2D eigenvalue weighted by Crippen LogP contribution is 2.49. The molecule has 178 valence electrons. The SMILES string of the molecule is CC(=O)C1(c2ccc(-c3ccc(-c4sc(Cl)cc4NC(=O)O[C@H](C)c4ccsc4)cc3)cc2)CC1. The van der Waals surface area contributed by atoms with Crippen molar-refractivity contribution >= 4 is 51.8 Å². The van der Waals surface area contributed by atoms with Gasteiger partial charge in [0, 0.05) is 5.56 Å².